The van der Waals surface area contributed by atoms with Gasteiger partial charge < -0.3 is 14.1 Å². The number of furan rings is 1. The summed E-state index contributed by atoms with van der Waals surface area (Å²) in [6.07, 6.45) is 1.53. The summed E-state index contributed by atoms with van der Waals surface area (Å²) in [5.74, 6) is 0.851. The Morgan fingerprint density at radius 2 is 2.27 bits per heavy atom. The van der Waals surface area contributed by atoms with Gasteiger partial charge in [0, 0.05) is 17.3 Å². The Balaban J connectivity index is 1.50. The van der Waals surface area contributed by atoms with Gasteiger partial charge in [-0.15, -0.1) is 11.3 Å². The molecular formula is C17H16N2O2S. The van der Waals surface area contributed by atoms with Gasteiger partial charge in [-0.3, -0.25) is 0 Å². The first-order valence-electron chi connectivity index (χ1n) is 7.60. The number of hydrogen-bond acceptors (Lipinski definition) is 5. The van der Waals surface area contributed by atoms with Crippen LogP contribution >= 0.6 is 11.3 Å². The quantitative estimate of drug-likeness (QED) is 0.720. The standard InChI is InChI=1S/C17H16N2O2S/c1-10-2-3-11-5-16(21-15(11)4-10)14-9-22-17(18-14)19-7-13-6-12(19)8-20-13/h2-5,9,12-13H,6-8H2,1H3. The van der Waals surface area contributed by atoms with E-state index in [4.69, 9.17) is 14.1 Å². The summed E-state index contributed by atoms with van der Waals surface area (Å²) >= 11 is 1.69. The Labute approximate surface area is 132 Å². The summed E-state index contributed by atoms with van der Waals surface area (Å²) in [5, 5.41) is 4.30. The molecule has 5 heteroatoms. The van der Waals surface area contributed by atoms with Crippen molar-refractivity contribution in [1.29, 1.82) is 0 Å². The molecule has 4 nitrogen and oxygen atoms in total. The number of fused-ring (bicyclic) bond motifs is 3. The van der Waals surface area contributed by atoms with Gasteiger partial charge in [0.15, 0.2) is 10.9 Å². The van der Waals surface area contributed by atoms with E-state index in [1.165, 1.54) is 5.56 Å². The zero-order valence-electron chi connectivity index (χ0n) is 12.3. The van der Waals surface area contributed by atoms with Crippen LogP contribution in [0.3, 0.4) is 0 Å². The molecule has 2 unspecified atom stereocenters. The second-order valence-corrected chi connectivity index (χ2v) is 7.00. The molecule has 2 saturated heterocycles. The lowest BCUT2D eigenvalue weighted by Gasteiger charge is -2.25. The average molecular weight is 312 g/mol. The van der Waals surface area contributed by atoms with Crippen LogP contribution in [0.4, 0.5) is 5.13 Å². The van der Waals surface area contributed by atoms with E-state index < -0.39 is 0 Å². The molecule has 3 aromatic rings. The van der Waals surface area contributed by atoms with Gasteiger partial charge >= 0.3 is 0 Å². The SMILES string of the molecule is Cc1ccc2cc(-c3csc(N4CC5CC4CO5)n3)oc2c1. The minimum atomic E-state index is 0.395. The van der Waals surface area contributed by atoms with Crippen LogP contribution in [0.1, 0.15) is 12.0 Å². The van der Waals surface area contributed by atoms with Crippen LogP contribution in [0.25, 0.3) is 22.4 Å². The maximum Gasteiger partial charge on any atom is 0.186 e. The van der Waals surface area contributed by atoms with E-state index in [1.807, 2.05) is 0 Å². The highest BCUT2D eigenvalue weighted by molar-refractivity contribution is 7.14. The number of aryl methyl sites for hydroxylation is 1. The molecule has 0 N–H and O–H groups in total. The molecule has 2 aromatic heterocycles. The summed E-state index contributed by atoms with van der Waals surface area (Å²) < 4.78 is 11.6. The molecule has 112 valence electrons. The van der Waals surface area contributed by atoms with Gasteiger partial charge in [-0.05, 0) is 31.0 Å². The average Bonchev–Trinajstić information content (AvgIpc) is 3.28. The van der Waals surface area contributed by atoms with E-state index in [-0.39, 0.29) is 0 Å². The van der Waals surface area contributed by atoms with E-state index in [9.17, 15) is 0 Å². The maximum absolute atomic E-state index is 5.97. The lowest BCUT2D eigenvalue weighted by atomic mass is 10.2. The van der Waals surface area contributed by atoms with Crippen molar-refractivity contribution >= 4 is 27.4 Å². The summed E-state index contributed by atoms with van der Waals surface area (Å²) in [6.45, 7) is 3.88. The molecule has 2 aliphatic rings. The topological polar surface area (TPSA) is 38.5 Å². The van der Waals surface area contributed by atoms with Crippen molar-refractivity contribution in [2.45, 2.75) is 25.5 Å². The highest BCUT2D eigenvalue weighted by Gasteiger charge is 2.40. The van der Waals surface area contributed by atoms with Crippen LogP contribution in [0.5, 0.6) is 0 Å². The lowest BCUT2D eigenvalue weighted by molar-refractivity contribution is 0.0991. The number of anilines is 1. The predicted octanol–water partition coefficient (Wildman–Crippen LogP) is 3.84. The van der Waals surface area contributed by atoms with Crippen molar-refractivity contribution in [3.8, 4) is 11.5 Å². The van der Waals surface area contributed by atoms with Gasteiger partial charge in [0.2, 0.25) is 0 Å². The summed E-state index contributed by atoms with van der Waals surface area (Å²) in [7, 11) is 0. The first-order valence-corrected chi connectivity index (χ1v) is 8.48. The van der Waals surface area contributed by atoms with Gasteiger partial charge in [0.05, 0.1) is 18.8 Å². The molecule has 0 spiro atoms. The van der Waals surface area contributed by atoms with Crippen molar-refractivity contribution in [3.63, 3.8) is 0 Å². The van der Waals surface area contributed by atoms with Crippen LogP contribution in [-0.2, 0) is 4.74 Å². The summed E-state index contributed by atoms with van der Waals surface area (Å²) in [4.78, 5) is 7.18. The molecule has 2 aliphatic heterocycles. The summed E-state index contributed by atoms with van der Waals surface area (Å²) in [5.41, 5.74) is 3.07. The van der Waals surface area contributed by atoms with Crippen LogP contribution in [0.15, 0.2) is 34.1 Å². The van der Waals surface area contributed by atoms with Gasteiger partial charge in [-0.2, -0.15) is 0 Å². The van der Waals surface area contributed by atoms with Gasteiger partial charge in [0.1, 0.15) is 11.3 Å². The fraction of sp³-hybridized carbons (Fsp3) is 0.353. The molecular weight excluding hydrogens is 296 g/mol. The second-order valence-electron chi connectivity index (χ2n) is 6.16. The van der Waals surface area contributed by atoms with Crippen LogP contribution in [-0.4, -0.2) is 30.3 Å². The minimum Gasteiger partial charge on any atom is -0.454 e. The van der Waals surface area contributed by atoms with Gasteiger partial charge in [-0.1, -0.05) is 12.1 Å². The Morgan fingerprint density at radius 3 is 3.09 bits per heavy atom. The van der Waals surface area contributed by atoms with E-state index in [0.29, 0.717) is 12.1 Å². The number of rotatable bonds is 2. The van der Waals surface area contributed by atoms with Crippen LogP contribution in [0.2, 0.25) is 0 Å². The molecule has 2 bridgehead atoms. The Kier molecular flexibility index (Phi) is 2.63. The fourth-order valence-electron chi connectivity index (χ4n) is 3.41. The van der Waals surface area contributed by atoms with E-state index in [1.54, 1.807) is 11.3 Å². The Hall–Kier alpha value is -1.85. The fourth-order valence-corrected chi connectivity index (χ4v) is 4.30. The van der Waals surface area contributed by atoms with E-state index in [2.05, 4.69) is 41.5 Å². The van der Waals surface area contributed by atoms with Crippen molar-refractivity contribution in [2.75, 3.05) is 18.1 Å². The first-order chi connectivity index (χ1) is 10.8. The molecule has 2 atom stereocenters. The zero-order valence-corrected chi connectivity index (χ0v) is 13.1. The molecule has 0 amide bonds. The molecule has 5 rings (SSSR count). The second kappa shape index (κ2) is 4.57. The highest BCUT2D eigenvalue weighted by Crippen LogP contribution is 2.37. The third-order valence-electron chi connectivity index (χ3n) is 4.57. The number of nitrogens with zero attached hydrogens (tertiary/aromatic N) is 2. The number of hydrogen-bond donors (Lipinski definition) is 0. The number of thiazole rings is 1. The molecule has 0 radical (unpaired) electrons. The number of ether oxygens (including phenoxy) is 1. The summed E-state index contributed by atoms with van der Waals surface area (Å²) in [6, 6.07) is 8.86. The van der Waals surface area contributed by atoms with E-state index in [0.717, 1.165) is 47.1 Å². The number of aromatic nitrogens is 1. The van der Waals surface area contributed by atoms with Crippen molar-refractivity contribution in [3.05, 3.63) is 35.2 Å². The number of morpholine rings is 1. The molecule has 22 heavy (non-hydrogen) atoms. The first kappa shape index (κ1) is 12.7. The lowest BCUT2D eigenvalue weighted by Crippen LogP contribution is -2.36. The minimum absolute atomic E-state index is 0.395. The molecule has 0 saturated carbocycles. The van der Waals surface area contributed by atoms with Crippen molar-refractivity contribution < 1.29 is 9.15 Å². The predicted molar refractivity (Wildman–Crippen MR) is 87.6 cm³/mol. The van der Waals surface area contributed by atoms with Crippen LogP contribution in [0, 0.1) is 6.92 Å². The third-order valence-corrected chi connectivity index (χ3v) is 5.44. The Bertz CT molecular complexity index is 853. The molecule has 4 heterocycles. The monoisotopic (exact) mass is 312 g/mol. The van der Waals surface area contributed by atoms with Crippen molar-refractivity contribution in [1.82, 2.24) is 4.98 Å². The van der Waals surface area contributed by atoms with E-state index >= 15 is 0 Å². The molecule has 0 aliphatic carbocycles. The number of benzene rings is 1. The van der Waals surface area contributed by atoms with Crippen molar-refractivity contribution in [2.24, 2.45) is 0 Å². The van der Waals surface area contributed by atoms with Gasteiger partial charge in [-0.25, -0.2) is 4.98 Å². The zero-order chi connectivity index (χ0) is 14.7. The Morgan fingerprint density at radius 1 is 1.32 bits per heavy atom. The molecule has 2 fully saturated rings. The highest BCUT2D eigenvalue weighted by atomic mass is 32.1. The van der Waals surface area contributed by atoms with Crippen LogP contribution < -0.4 is 4.90 Å². The molecule has 1 aromatic carbocycles. The van der Waals surface area contributed by atoms with Gasteiger partial charge in [0.25, 0.3) is 0 Å². The maximum atomic E-state index is 5.97. The largest absolute Gasteiger partial charge is 0.454 e. The smallest absolute Gasteiger partial charge is 0.186 e. The third kappa shape index (κ3) is 1.89. The normalized spacial score (nSPS) is 23.8.